The fraction of sp³-hybridized carbons (Fsp3) is 0.923. The van der Waals surface area contributed by atoms with Gasteiger partial charge in [-0.2, -0.15) is 0 Å². The van der Waals surface area contributed by atoms with Gasteiger partial charge in [0, 0.05) is 14.2 Å². The lowest BCUT2D eigenvalue weighted by molar-refractivity contribution is -0.191. The molecule has 2 unspecified atom stereocenters. The molecule has 0 amide bonds. The van der Waals surface area contributed by atoms with E-state index in [0.29, 0.717) is 0 Å². The van der Waals surface area contributed by atoms with Crippen molar-refractivity contribution in [3.8, 4) is 0 Å². The molecule has 0 bridgehead atoms. The fourth-order valence-corrected chi connectivity index (χ4v) is 1.62. The Morgan fingerprint density at radius 3 is 1.94 bits per heavy atom. The highest BCUT2D eigenvalue weighted by Gasteiger charge is 2.36. The molecule has 0 heterocycles. The molecule has 0 aromatic heterocycles. The minimum absolute atomic E-state index is 0.148. The number of ether oxygens (including phenoxy) is 3. The topological polar surface area (TPSA) is 44.8 Å². The Bertz CT molecular complexity index is 228. The summed E-state index contributed by atoms with van der Waals surface area (Å²) < 4.78 is 15.8. The van der Waals surface area contributed by atoms with Gasteiger partial charge in [-0.3, -0.25) is 4.79 Å². The van der Waals surface area contributed by atoms with Crippen molar-refractivity contribution >= 4 is 5.97 Å². The maximum absolute atomic E-state index is 12.1. The summed E-state index contributed by atoms with van der Waals surface area (Å²) in [5.74, 6) is -0.510. The van der Waals surface area contributed by atoms with Crippen LogP contribution in [-0.2, 0) is 19.0 Å². The van der Waals surface area contributed by atoms with Crippen molar-refractivity contribution in [3.63, 3.8) is 0 Å². The molecule has 17 heavy (non-hydrogen) atoms. The van der Waals surface area contributed by atoms with Crippen molar-refractivity contribution in [1.82, 2.24) is 0 Å². The highest BCUT2D eigenvalue weighted by atomic mass is 16.7. The third kappa shape index (κ3) is 5.50. The fourth-order valence-electron chi connectivity index (χ4n) is 1.62. The Kier molecular flexibility index (Phi) is 6.72. The summed E-state index contributed by atoms with van der Waals surface area (Å²) in [5, 5.41) is 0. The lowest BCUT2D eigenvalue weighted by atomic mass is 9.91. The van der Waals surface area contributed by atoms with E-state index in [1.165, 1.54) is 14.2 Å². The van der Waals surface area contributed by atoms with E-state index in [9.17, 15) is 4.79 Å². The molecule has 0 radical (unpaired) electrons. The molecule has 0 fully saturated rings. The van der Waals surface area contributed by atoms with Gasteiger partial charge in [0.2, 0.25) is 0 Å². The van der Waals surface area contributed by atoms with Crippen molar-refractivity contribution in [2.24, 2.45) is 11.8 Å². The average molecular weight is 246 g/mol. The van der Waals surface area contributed by atoms with Crippen molar-refractivity contribution < 1.29 is 19.0 Å². The van der Waals surface area contributed by atoms with E-state index in [0.717, 1.165) is 6.42 Å². The van der Waals surface area contributed by atoms with Crippen LogP contribution in [0, 0.1) is 11.8 Å². The molecule has 0 aromatic carbocycles. The molecular weight excluding hydrogens is 220 g/mol. The number of carbonyl (C=O) groups excluding carboxylic acids is 1. The van der Waals surface area contributed by atoms with Crippen molar-refractivity contribution in [2.75, 3.05) is 14.2 Å². The lowest BCUT2D eigenvalue weighted by Crippen LogP contribution is -2.40. The summed E-state index contributed by atoms with van der Waals surface area (Å²) in [4.78, 5) is 12.1. The Balaban J connectivity index is 4.85. The highest BCUT2D eigenvalue weighted by molar-refractivity contribution is 5.73. The second-order valence-corrected chi connectivity index (χ2v) is 5.28. The van der Waals surface area contributed by atoms with Crippen LogP contribution >= 0.6 is 0 Å². The first-order valence-electron chi connectivity index (χ1n) is 6.05. The molecule has 4 heteroatoms. The summed E-state index contributed by atoms with van der Waals surface area (Å²) in [6.07, 6.45) is 0.312. The second-order valence-electron chi connectivity index (χ2n) is 5.28. The van der Waals surface area contributed by atoms with Crippen molar-refractivity contribution in [3.05, 3.63) is 0 Å². The van der Waals surface area contributed by atoms with Gasteiger partial charge in [-0.1, -0.05) is 20.3 Å². The van der Waals surface area contributed by atoms with E-state index in [1.54, 1.807) is 0 Å². The van der Waals surface area contributed by atoms with Crippen molar-refractivity contribution in [1.29, 1.82) is 0 Å². The smallest absolute Gasteiger partial charge is 0.314 e. The Morgan fingerprint density at radius 2 is 1.65 bits per heavy atom. The van der Waals surface area contributed by atoms with Crippen LogP contribution in [0.1, 0.15) is 41.0 Å². The zero-order valence-corrected chi connectivity index (χ0v) is 12.1. The Hall–Kier alpha value is -0.610. The Morgan fingerprint density at radius 1 is 1.18 bits per heavy atom. The molecular formula is C13H26O4. The van der Waals surface area contributed by atoms with Gasteiger partial charge in [-0.05, 0) is 26.7 Å². The van der Waals surface area contributed by atoms with Gasteiger partial charge in [0.25, 0.3) is 0 Å². The second kappa shape index (κ2) is 6.97. The third-order valence-corrected chi connectivity index (χ3v) is 2.69. The van der Waals surface area contributed by atoms with Crippen molar-refractivity contribution in [2.45, 2.75) is 52.9 Å². The van der Waals surface area contributed by atoms with Gasteiger partial charge in [-0.15, -0.1) is 0 Å². The van der Waals surface area contributed by atoms with Gasteiger partial charge < -0.3 is 14.2 Å². The number of carbonyl (C=O) groups is 1. The zero-order chi connectivity index (χ0) is 13.6. The van der Waals surface area contributed by atoms with Crippen LogP contribution in [0.15, 0.2) is 0 Å². The number of hydrogen-bond donors (Lipinski definition) is 0. The first-order valence-corrected chi connectivity index (χ1v) is 6.05. The number of hydrogen-bond acceptors (Lipinski definition) is 4. The number of rotatable bonds is 6. The van der Waals surface area contributed by atoms with Crippen LogP contribution in [-0.4, -0.2) is 32.1 Å². The summed E-state index contributed by atoms with van der Waals surface area (Å²) >= 11 is 0. The first-order chi connectivity index (χ1) is 7.76. The molecule has 0 aliphatic carbocycles. The van der Waals surface area contributed by atoms with Gasteiger partial charge in [0.05, 0.1) is 0 Å². The van der Waals surface area contributed by atoms with E-state index >= 15 is 0 Å². The molecule has 0 N–H and O–H groups in total. The molecule has 0 aliphatic rings. The SMILES string of the molecule is CCC(C)C(C(=O)OC(C)(C)C)C(OC)OC. The standard InChI is InChI=1S/C13H26O4/c1-8-9(2)10(12(15-6)16-7)11(14)17-13(3,4)5/h9-10,12H,8H2,1-7H3. The van der Waals surface area contributed by atoms with Crippen LogP contribution in [0.2, 0.25) is 0 Å². The summed E-state index contributed by atoms with van der Waals surface area (Å²) in [7, 11) is 3.07. The highest BCUT2D eigenvalue weighted by Crippen LogP contribution is 2.25. The third-order valence-electron chi connectivity index (χ3n) is 2.69. The minimum atomic E-state index is -0.556. The molecule has 0 saturated heterocycles. The maximum Gasteiger partial charge on any atom is 0.314 e. The normalized spacial score (nSPS) is 15.8. The van der Waals surface area contributed by atoms with Gasteiger partial charge in [-0.25, -0.2) is 0 Å². The molecule has 4 nitrogen and oxygen atoms in total. The summed E-state index contributed by atoms with van der Waals surface area (Å²) in [6.45, 7) is 9.59. The predicted molar refractivity (Wildman–Crippen MR) is 66.6 cm³/mol. The quantitative estimate of drug-likeness (QED) is 0.534. The van der Waals surface area contributed by atoms with E-state index in [2.05, 4.69) is 0 Å². The van der Waals surface area contributed by atoms with Crippen LogP contribution in [0.25, 0.3) is 0 Å². The van der Waals surface area contributed by atoms with E-state index in [4.69, 9.17) is 14.2 Å². The molecule has 0 aliphatic heterocycles. The molecule has 2 atom stereocenters. The average Bonchev–Trinajstić information content (AvgIpc) is 2.21. The molecule has 0 aromatic rings. The summed E-state index contributed by atoms with van der Waals surface area (Å²) in [6, 6.07) is 0. The van der Waals surface area contributed by atoms with Gasteiger partial charge in [0.1, 0.15) is 11.5 Å². The monoisotopic (exact) mass is 246 g/mol. The molecule has 102 valence electrons. The molecule has 0 spiro atoms. The maximum atomic E-state index is 12.1. The molecule has 0 saturated carbocycles. The minimum Gasteiger partial charge on any atom is -0.460 e. The van der Waals surface area contributed by atoms with E-state index in [1.807, 2.05) is 34.6 Å². The Labute approximate surface area is 105 Å². The predicted octanol–water partition coefficient (Wildman–Crippen LogP) is 2.61. The zero-order valence-electron chi connectivity index (χ0n) is 12.1. The largest absolute Gasteiger partial charge is 0.460 e. The molecule has 0 rings (SSSR count). The van der Waals surface area contributed by atoms with Gasteiger partial charge in [0.15, 0.2) is 6.29 Å². The van der Waals surface area contributed by atoms with Gasteiger partial charge >= 0.3 is 5.97 Å². The number of methoxy groups -OCH3 is 2. The van der Waals surface area contributed by atoms with Crippen LogP contribution in [0.3, 0.4) is 0 Å². The van der Waals surface area contributed by atoms with Crippen LogP contribution < -0.4 is 0 Å². The first kappa shape index (κ1) is 16.4. The van der Waals surface area contributed by atoms with Crippen LogP contribution in [0.4, 0.5) is 0 Å². The lowest BCUT2D eigenvalue weighted by Gasteiger charge is -2.30. The number of esters is 1. The van der Waals surface area contributed by atoms with E-state index in [-0.39, 0.29) is 11.9 Å². The summed E-state index contributed by atoms with van der Waals surface area (Å²) in [5.41, 5.74) is -0.491. The van der Waals surface area contributed by atoms with E-state index < -0.39 is 17.8 Å². The van der Waals surface area contributed by atoms with Crippen LogP contribution in [0.5, 0.6) is 0 Å².